The van der Waals surface area contributed by atoms with Crippen molar-refractivity contribution in [1.29, 1.82) is 0 Å². The SMILES string of the molecule is CN(C)C(=O)CCSCC(NC(=O)OC(C)(C)C)C(=O)O. The lowest BCUT2D eigenvalue weighted by Gasteiger charge is -2.21. The zero-order valence-corrected chi connectivity index (χ0v) is 14.0. The van der Waals surface area contributed by atoms with E-state index in [1.165, 1.54) is 16.7 Å². The summed E-state index contributed by atoms with van der Waals surface area (Å²) in [6, 6.07) is -1.04. The maximum atomic E-state index is 11.5. The van der Waals surface area contributed by atoms with E-state index >= 15 is 0 Å². The molecular weight excluding hydrogens is 296 g/mol. The zero-order valence-electron chi connectivity index (χ0n) is 13.1. The van der Waals surface area contributed by atoms with Gasteiger partial charge < -0.3 is 20.1 Å². The number of hydrogen-bond donors (Lipinski definition) is 2. The van der Waals surface area contributed by atoms with Crippen molar-refractivity contribution >= 4 is 29.7 Å². The van der Waals surface area contributed by atoms with Gasteiger partial charge in [-0.2, -0.15) is 11.8 Å². The van der Waals surface area contributed by atoms with Gasteiger partial charge in [-0.15, -0.1) is 0 Å². The minimum absolute atomic E-state index is 0.0190. The standard InChI is InChI=1S/C13H24N2O5S/c1-13(2,3)20-12(19)14-9(11(17)18)8-21-7-6-10(16)15(4)5/h9H,6-8H2,1-5H3,(H,14,19)(H,17,18). The summed E-state index contributed by atoms with van der Waals surface area (Å²) in [5, 5.41) is 11.4. The summed E-state index contributed by atoms with van der Waals surface area (Å²) < 4.78 is 5.01. The van der Waals surface area contributed by atoms with Gasteiger partial charge in [0.15, 0.2) is 0 Å². The van der Waals surface area contributed by atoms with Gasteiger partial charge in [-0.1, -0.05) is 0 Å². The first kappa shape index (κ1) is 19.6. The monoisotopic (exact) mass is 320 g/mol. The maximum Gasteiger partial charge on any atom is 0.408 e. The van der Waals surface area contributed by atoms with Crippen LogP contribution >= 0.6 is 11.8 Å². The minimum Gasteiger partial charge on any atom is -0.480 e. The largest absolute Gasteiger partial charge is 0.480 e. The first-order valence-corrected chi connectivity index (χ1v) is 7.68. The first-order valence-electron chi connectivity index (χ1n) is 6.53. The third-order valence-corrected chi connectivity index (χ3v) is 3.29. The summed E-state index contributed by atoms with van der Waals surface area (Å²) in [6.45, 7) is 5.10. The first-order chi connectivity index (χ1) is 9.53. The summed E-state index contributed by atoms with van der Waals surface area (Å²) >= 11 is 1.30. The van der Waals surface area contributed by atoms with Crippen molar-refractivity contribution in [3.05, 3.63) is 0 Å². The van der Waals surface area contributed by atoms with Crippen LogP contribution in [0.3, 0.4) is 0 Å². The Labute approximate surface area is 129 Å². The predicted octanol–water partition coefficient (Wildman–Crippen LogP) is 1.18. The number of aliphatic carboxylic acids is 1. The number of rotatable bonds is 7. The second-order valence-corrected chi connectivity index (χ2v) is 6.80. The number of carbonyl (C=O) groups is 3. The molecule has 0 saturated carbocycles. The summed E-state index contributed by atoms with van der Waals surface area (Å²) in [4.78, 5) is 35.5. The molecule has 0 radical (unpaired) electrons. The van der Waals surface area contributed by atoms with Gasteiger partial charge in [0.1, 0.15) is 11.6 Å². The lowest BCUT2D eigenvalue weighted by atomic mass is 10.2. The molecule has 7 nitrogen and oxygen atoms in total. The van der Waals surface area contributed by atoms with Crippen molar-refractivity contribution in [2.45, 2.75) is 38.8 Å². The Morgan fingerprint density at radius 1 is 1.29 bits per heavy atom. The average molecular weight is 320 g/mol. The second-order valence-electron chi connectivity index (χ2n) is 5.65. The lowest BCUT2D eigenvalue weighted by molar-refractivity contribution is -0.138. The van der Waals surface area contributed by atoms with Gasteiger partial charge in [-0.05, 0) is 20.8 Å². The quantitative estimate of drug-likeness (QED) is 0.684. The van der Waals surface area contributed by atoms with Crippen molar-refractivity contribution in [2.75, 3.05) is 25.6 Å². The molecule has 21 heavy (non-hydrogen) atoms. The molecule has 0 aliphatic rings. The summed E-state index contributed by atoms with van der Waals surface area (Å²) in [6.07, 6.45) is -0.434. The number of nitrogens with one attached hydrogen (secondary N) is 1. The Kier molecular flexibility index (Phi) is 8.16. The molecule has 2 amide bonds. The molecule has 0 aliphatic heterocycles. The fourth-order valence-electron chi connectivity index (χ4n) is 1.21. The van der Waals surface area contributed by atoms with Gasteiger partial charge in [0, 0.05) is 32.0 Å². The van der Waals surface area contributed by atoms with Gasteiger partial charge in [-0.25, -0.2) is 9.59 Å². The van der Waals surface area contributed by atoms with Crippen molar-refractivity contribution in [1.82, 2.24) is 10.2 Å². The van der Waals surface area contributed by atoms with E-state index < -0.39 is 23.7 Å². The van der Waals surface area contributed by atoms with Crippen molar-refractivity contribution < 1.29 is 24.2 Å². The zero-order chi connectivity index (χ0) is 16.6. The van der Waals surface area contributed by atoms with Gasteiger partial charge in [0.05, 0.1) is 0 Å². The molecule has 0 aromatic rings. The van der Waals surface area contributed by atoms with Crippen LogP contribution in [0.4, 0.5) is 4.79 Å². The van der Waals surface area contributed by atoms with Crippen LogP contribution in [0.15, 0.2) is 0 Å². The van der Waals surface area contributed by atoms with Gasteiger partial charge in [0.25, 0.3) is 0 Å². The number of amides is 2. The van der Waals surface area contributed by atoms with Crippen LogP contribution in [0.25, 0.3) is 0 Å². The van der Waals surface area contributed by atoms with Crippen LogP contribution in [0.2, 0.25) is 0 Å². The van der Waals surface area contributed by atoms with E-state index in [2.05, 4.69) is 5.32 Å². The normalized spacial score (nSPS) is 12.4. The molecule has 0 bridgehead atoms. The lowest BCUT2D eigenvalue weighted by Crippen LogP contribution is -2.45. The van der Waals surface area contributed by atoms with E-state index in [-0.39, 0.29) is 11.7 Å². The molecule has 0 aromatic carbocycles. The van der Waals surface area contributed by atoms with Crippen molar-refractivity contribution in [3.8, 4) is 0 Å². The van der Waals surface area contributed by atoms with Crippen molar-refractivity contribution in [2.24, 2.45) is 0 Å². The second kappa shape index (κ2) is 8.76. The Balaban J connectivity index is 4.18. The number of nitrogens with zero attached hydrogens (tertiary/aromatic N) is 1. The molecule has 0 aliphatic carbocycles. The average Bonchev–Trinajstić information content (AvgIpc) is 2.29. The highest BCUT2D eigenvalue weighted by Gasteiger charge is 2.23. The molecule has 0 spiro atoms. The number of carboxylic acid groups (broad SMARTS) is 1. The predicted molar refractivity (Wildman–Crippen MR) is 81.4 cm³/mol. The summed E-state index contributed by atoms with van der Waals surface area (Å²) in [7, 11) is 3.33. The Bertz CT molecular complexity index is 379. The number of carbonyl (C=O) groups excluding carboxylic acids is 2. The Morgan fingerprint density at radius 2 is 1.86 bits per heavy atom. The molecular formula is C13H24N2O5S. The van der Waals surface area contributed by atoms with E-state index in [9.17, 15) is 14.4 Å². The molecule has 122 valence electrons. The number of hydrogen-bond acceptors (Lipinski definition) is 5. The van der Waals surface area contributed by atoms with Crippen LogP contribution in [0.5, 0.6) is 0 Å². The Hall–Kier alpha value is -1.44. The highest BCUT2D eigenvalue weighted by molar-refractivity contribution is 7.99. The molecule has 0 saturated heterocycles. The summed E-state index contributed by atoms with van der Waals surface area (Å²) in [5.74, 6) is -0.478. The van der Waals surface area contributed by atoms with Crippen LogP contribution < -0.4 is 5.32 Å². The third kappa shape index (κ3) is 10.0. The fourth-order valence-corrected chi connectivity index (χ4v) is 2.16. The minimum atomic E-state index is -1.13. The van der Waals surface area contributed by atoms with Crippen molar-refractivity contribution in [3.63, 3.8) is 0 Å². The fraction of sp³-hybridized carbons (Fsp3) is 0.769. The number of ether oxygens (including phenoxy) is 1. The van der Waals surface area contributed by atoms with Gasteiger partial charge >= 0.3 is 12.1 Å². The highest BCUT2D eigenvalue weighted by atomic mass is 32.2. The van der Waals surface area contributed by atoms with Gasteiger partial charge in [-0.3, -0.25) is 4.79 Å². The Morgan fingerprint density at radius 3 is 2.29 bits per heavy atom. The molecule has 1 atom stereocenters. The van der Waals surface area contributed by atoms with E-state index in [0.29, 0.717) is 12.2 Å². The summed E-state index contributed by atoms with van der Waals surface area (Å²) in [5.41, 5.74) is -0.682. The highest BCUT2D eigenvalue weighted by Crippen LogP contribution is 2.09. The number of carboxylic acids is 1. The topological polar surface area (TPSA) is 95.9 Å². The van der Waals surface area contributed by atoms with E-state index in [4.69, 9.17) is 9.84 Å². The number of alkyl carbamates (subject to hydrolysis) is 1. The van der Waals surface area contributed by atoms with Crippen LogP contribution in [0.1, 0.15) is 27.2 Å². The molecule has 0 aromatic heterocycles. The molecule has 1 unspecified atom stereocenters. The molecule has 2 N–H and O–H groups in total. The van der Waals surface area contributed by atoms with Gasteiger partial charge in [0.2, 0.25) is 5.91 Å². The third-order valence-electron chi connectivity index (χ3n) is 2.23. The number of thioether (sulfide) groups is 1. The van der Waals surface area contributed by atoms with Crippen LogP contribution in [-0.2, 0) is 14.3 Å². The maximum absolute atomic E-state index is 11.5. The molecule has 8 heteroatoms. The molecule has 0 fully saturated rings. The van der Waals surface area contributed by atoms with E-state index in [0.717, 1.165) is 0 Å². The molecule has 0 rings (SSSR count). The molecule has 0 heterocycles. The smallest absolute Gasteiger partial charge is 0.408 e. The van der Waals surface area contributed by atoms with Crippen LogP contribution in [-0.4, -0.2) is 65.2 Å². The van der Waals surface area contributed by atoms with E-state index in [1.54, 1.807) is 34.9 Å². The van der Waals surface area contributed by atoms with E-state index in [1.807, 2.05) is 0 Å². The van der Waals surface area contributed by atoms with Crippen LogP contribution in [0, 0.1) is 0 Å².